The standard InChI is InChI=1S/C25H30FNO6/c1-25(2,32)10-14-6-8-15(9-7-14)11-27-12-17(16-4-3-5-18(26)20(16)27)24-23(31)22(30)21(29)19(13-28)33-24/h3-9,12,19,21-24,28-32H,10-11,13H2,1-2H3/t19-,21-,22+,23-,24+/m1/s1. The van der Waals surface area contributed by atoms with Gasteiger partial charge in [0.15, 0.2) is 0 Å². The number of hydrogen-bond donors (Lipinski definition) is 5. The minimum absolute atomic E-state index is 0.324. The number of hydrogen-bond acceptors (Lipinski definition) is 6. The molecule has 0 bridgehead atoms. The zero-order valence-electron chi connectivity index (χ0n) is 18.6. The third-order valence-electron chi connectivity index (χ3n) is 6.09. The van der Waals surface area contributed by atoms with Crippen molar-refractivity contribution in [1.82, 2.24) is 4.57 Å². The van der Waals surface area contributed by atoms with Crippen LogP contribution in [0.4, 0.5) is 4.39 Å². The molecular weight excluding hydrogens is 429 g/mol. The summed E-state index contributed by atoms with van der Waals surface area (Å²) in [6.45, 7) is 3.30. The van der Waals surface area contributed by atoms with Gasteiger partial charge in [-0.15, -0.1) is 0 Å². The zero-order chi connectivity index (χ0) is 23.9. The Labute approximate surface area is 191 Å². The quantitative estimate of drug-likeness (QED) is 0.383. The van der Waals surface area contributed by atoms with Crippen molar-refractivity contribution in [3.05, 3.63) is 71.2 Å². The Morgan fingerprint density at radius 1 is 0.970 bits per heavy atom. The fourth-order valence-corrected chi connectivity index (χ4v) is 4.51. The highest BCUT2D eigenvalue weighted by Gasteiger charge is 2.44. The van der Waals surface area contributed by atoms with Crippen molar-refractivity contribution in [1.29, 1.82) is 0 Å². The molecule has 0 radical (unpaired) electrons. The molecule has 2 heterocycles. The second kappa shape index (κ2) is 9.13. The van der Waals surface area contributed by atoms with E-state index in [1.54, 1.807) is 36.7 Å². The molecule has 2 aromatic carbocycles. The number of rotatable bonds is 6. The van der Waals surface area contributed by atoms with Gasteiger partial charge in [-0.3, -0.25) is 0 Å². The van der Waals surface area contributed by atoms with Crippen LogP contribution in [-0.4, -0.2) is 66.7 Å². The summed E-state index contributed by atoms with van der Waals surface area (Å²) in [4.78, 5) is 0. The number of nitrogens with zero attached hydrogens (tertiary/aromatic N) is 1. The molecular formula is C25H30FNO6. The van der Waals surface area contributed by atoms with Gasteiger partial charge in [0.1, 0.15) is 36.3 Å². The molecule has 1 fully saturated rings. The van der Waals surface area contributed by atoms with Crippen LogP contribution in [0.1, 0.15) is 36.6 Å². The first-order valence-electron chi connectivity index (χ1n) is 11.0. The SMILES string of the molecule is CC(C)(O)Cc1ccc(Cn2cc([C@@H]3O[C@H](CO)[C@@H](O)[C@H](O)[C@H]3O)c3cccc(F)c32)cc1. The van der Waals surface area contributed by atoms with E-state index in [0.29, 0.717) is 29.4 Å². The normalized spacial score (nSPS) is 26.1. The Balaban J connectivity index is 1.69. The predicted octanol–water partition coefficient (Wildman–Crippen LogP) is 1.66. The van der Waals surface area contributed by atoms with Gasteiger partial charge in [0.05, 0.1) is 17.7 Å². The molecule has 1 saturated heterocycles. The van der Waals surface area contributed by atoms with Crippen molar-refractivity contribution in [3.8, 4) is 0 Å². The second-order valence-corrected chi connectivity index (χ2v) is 9.40. The van der Waals surface area contributed by atoms with Crippen LogP contribution < -0.4 is 0 Å². The number of aliphatic hydroxyl groups is 5. The number of ether oxygens (including phenoxy) is 1. The topological polar surface area (TPSA) is 115 Å². The lowest BCUT2D eigenvalue weighted by molar-refractivity contribution is -0.231. The summed E-state index contributed by atoms with van der Waals surface area (Å²) in [5.41, 5.74) is 1.86. The van der Waals surface area contributed by atoms with E-state index in [-0.39, 0.29) is 0 Å². The molecule has 0 saturated carbocycles. The highest BCUT2D eigenvalue weighted by atomic mass is 19.1. The minimum Gasteiger partial charge on any atom is -0.394 e. The van der Waals surface area contributed by atoms with Crippen LogP contribution in [0.5, 0.6) is 0 Å². The second-order valence-electron chi connectivity index (χ2n) is 9.40. The van der Waals surface area contributed by atoms with Crippen LogP contribution in [0.2, 0.25) is 0 Å². The van der Waals surface area contributed by atoms with Gasteiger partial charge in [-0.25, -0.2) is 4.39 Å². The molecule has 1 aliphatic heterocycles. The molecule has 4 rings (SSSR count). The predicted molar refractivity (Wildman–Crippen MR) is 120 cm³/mol. The van der Waals surface area contributed by atoms with Crippen LogP contribution in [0.25, 0.3) is 10.9 Å². The Hall–Kier alpha value is -2.33. The van der Waals surface area contributed by atoms with Crippen molar-refractivity contribution in [2.24, 2.45) is 0 Å². The van der Waals surface area contributed by atoms with Crippen molar-refractivity contribution in [2.75, 3.05) is 6.61 Å². The van der Waals surface area contributed by atoms with Crippen molar-refractivity contribution in [2.45, 2.75) is 62.9 Å². The van der Waals surface area contributed by atoms with Crippen molar-refractivity contribution < 1.29 is 34.7 Å². The number of para-hydroxylation sites is 1. The van der Waals surface area contributed by atoms with Gasteiger partial charge >= 0.3 is 0 Å². The molecule has 0 aliphatic carbocycles. The van der Waals surface area contributed by atoms with E-state index in [9.17, 15) is 29.9 Å². The molecule has 3 aromatic rings. The van der Waals surface area contributed by atoms with Gasteiger partial charge < -0.3 is 34.8 Å². The molecule has 5 N–H and O–H groups in total. The lowest BCUT2D eigenvalue weighted by Gasteiger charge is -2.40. The first-order valence-corrected chi connectivity index (χ1v) is 11.0. The number of benzene rings is 2. The van der Waals surface area contributed by atoms with Gasteiger partial charge in [-0.2, -0.15) is 0 Å². The monoisotopic (exact) mass is 459 g/mol. The Morgan fingerprint density at radius 3 is 2.27 bits per heavy atom. The number of halogens is 1. The maximum absolute atomic E-state index is 14.9. The lowest BCUT2D eigenvalue weighted by Crippen LogP contribution is -2.55. The van der Waals surface area contributed by atoms with Crippen molar-refractivity contribution >= 4 is 10.9 Å². The largest absolute Gasteiger partial charge is 0.394 e. The molecule has 178 valence electrons. The van der Waals surface area contributed by atoms with Crippen LogP contribution >= 0.6 is 0 Å². The summed E-state index contributed by atoms with van der Waals surface area (Å²) in [5, 5.41) is 50.9. The Morgan fingerprint density at radius 2 is 1.64 bits per heavy atom. The van der Waals surface area contributed by atoms with Gasteiger partial charge in [0, 0.05) is 30.1 Å². The van der Waals surface area contributed by atoms with Gasteiger partial charge in [0.2, 0.25) is 0 Å². The van der Waals surface area contributed by atoms with Crippen LogP contribution in [0, 0.1) is 5.82 Å². The molecule has 7 nitrogen and oxygen atoms in total. The van der Waals surface area contributed by atoms with E-state index in [1.165, 1.54) is 6.07 Å². The number of aromatic nitrogens is 1. The van der Waals surface area contributed by atoms with E-state index >= 15 is 0 Å². The Kier molecular flexibility index (Phi) is 6.59. The average molecular weight is 460 g/mol. The lowest BCUT2D eigenvalue weighted by atomic mass is 9.91. The summed E-state index contributed by atoms with van der Waals surface area (Å²) < 4.78 is 22.3. The van der Waals surface area contributed by atoms with E-state index < -0.39 is 48.5 Å². The van der Waals surface area contributed by atoms with E-state index in [0.717, 1.165) is 11.1 Å². The zero-order valence-corrected chi connectivity index (χ0v) is 18.6. The highest BCUT2D eigenvalue weighted by molar-refractivity contribution is 5.85. The average Bonchev–Trinajstić information content (AvgIpc) is 3.12. The van der Waals surface area contributed by atoms with Gasteiger partial charge in [-0.1, -0.05) is 36.4 Å². The molecule has 1 aromatic heterocycles. The third-order valence-corrected chi connectivity index (χ3v) is 6.09. The van der Waals surface area contributed by atoms with E-state index in [1.807, 2.05) is 24.3 Å². The summed E-state index contributed by atoms with van der Waals surface area (Å²) >= 11 is 0. The number of aliphatic hydroxyl groups excluding tert-OH is 4. The number of fused-ring (bicyclic) bond motifs is 1. The van der Waals surface area contributed by atoms with Crippen LogP contribution in [0.15, 0.2) is 48.7 Å². The molecule has 0 unspecified atom stereocenters. The molecule has 8 heteroatoms. The fraction of sp³-hybridized carbons (Fsp3) is 0.440. The van der Waals surface area contributed by atoms with Gasteiger partial charge in [0.25, 0.3) is 0 Å². The summed E-state index contributed by atoms with van der Waals surface area (Å²) in [7, 11) is 0. The maximum atomic E-state index is 14.9. The highest BCUT2D eigenvalue weighted by Crippen LogP contribution is 2.37. The third kappa shape index (κ3) is 4.82. The summed E-state index contributed by atoms with van der Waals surface area (Å²) in [6.07, 6.45) is -4.36. The molecule has 0 spiro atoms. The van der Waals surface area contributed by atoms with E-state index in [4.69, 9.17) is 4.74 Å². The first kappa shape index (κ1) is 23.8. The van der Waals surface area contributed by atoms with Crippen molar-refractivity contribution in [3.63, 3.8) is 0 Å². The Bertz CT molecular complexity index is 1100. The molecule has 5 atom stereocenters. The van der Waals surface area contributed by atoms with Crippen LogP contribution in [0.3, 0.4) is 0 Å². The summed E-state index contributed by atoms with van der Waals surface area (Å²) in [5.74, 6) is -0.443. The van der Waals surface area contributed by atoms with Gasteiger partial charge in [-0.05, 0) is 31.0 Å². The first-order chi connectivity index (χ1) is 15.6. The summed E-state index contributed by atoms with van der Waals surface area (Å²) in [6, 6.07) is 12.3. The van der Waals surface area contributed by atoms with E-state index in [2.05, 4.69) is 0 Å². The molecule has 1 aliphatic rings. The smallest absolute Gasteiger partial charge is 0.147 e. The molecule has 0 amide bonds. The van der Waals surface area contributed by atoms with Crippen LogP contribution in [-0.2, 0) is 17.7 Å². The molecule has 33 heavy (non-hydrogen) atoms. The fourth-order valence-electron chi connectivity index (χ4n) is 4.51. The minimum atomic E-state index is -1.52. The maximum Gasteiger partial charge on any atom is 0.147 e.